The number of rotatable bonds is 3. The Morgan fingerprint density at radius 1 is 1.30 bits per heavy atom. The zero-order chi connectivity index (χ0) is 16.4. The molecule has 6 heteroatoms. The van der Waals surface area contributed by atoms with Crippen LogP contribution in [0, 0.1) is 13.8 Å². The van der Waals surface area contributed by atoms with Gasteiger partial charge in [0.05, 0.1) is 12.3 Å². The number of nitrogens with zero attached hydrogens (tertiary/aromatic N) is 3. The molecule has 1 N–H and O–H groups in total. The van der Waals surface area contributed by atoms with Crippen LogP contribution >= 0.6 is 0 Å². The number of phenols is 1. The van der Waals surface area contributed by atoms with Crippen molar-refractivity contribution in [3.63, 3.8) is 0 Å². The number of hydrogen-bond acceptors (Lipinski definition) is 5. The first-order valence-corrected chi connectivity index (χ1v) is 7.65. The molecule has 0 spiro atoms. The Bertz CT molecular complexity index is 668. The minimum atomic E-state index is -0.502. The molecule has 0 radical (unpaired) electrons. The third-order valence-corrected chi connectivity index (χ3v) is 4.00. The Hall–Kier alpha value is -2.21. The van der Waals surface area contributed by atoms with Crippen LogP contribution in [0.4, 0.5) is 10.2 Å². The van der Waals surface area contributed by atoms with Gasteiger partial charge in [0, 0.05) is 18.7 Å². The van der Waals surface area contributed by atoms with Gasteiger partial charge in [0.25, 0.3) is 0 Å². The number of alkyl halides is 1. The lowest BCUT2D eigenvalue weighted by Gasteiger charge is -2.32. The fourth-order valence-electron chi connectivity index (χ4n) is 2.93. The maximum Gasteiger partial charge on any atom is 0.151 e. The van der Waals surface area contributed by atoms with Crippen LogP contribution in [0.15, 0.2) is 24.3 Å². The van der Waals surface area contributed by atoms with E-state index < -0.39 is 12.8 Å². The molecule has 1 aromatic carbocycles. The molecule has 0 saturated carbocycles. The summed E-state index contributed by atoms with van der Waals surface area (Å²) in [6, 6.07) is 7.39. The molecule has 122 valence electrons. The van der Waals surface area contributed by atoms with Gasteiger partial charge in [0.1, 0.15) is 18.5 Å². The molecule has 1 aromatic heterocycles. The lowest BCUT2D eigenvalue weighted by Crippen LogP contribution is -2.43. The first kappa shape index (κ1) is 15.7. The van der Waals surface area contributed by atoms with Crippen molar-refractivity contribution < 1.29 is 14.2 Å². The second-order valence-electron chi connectivity index (χ2n) is 5.85. The zero-order valence-electron chi connectivity index (χ0n) is 13.3. The predicted molar refractivity (Wildman–Crippen MR) is 86.5 cm³/mol. The van der Waals surface area contributed by atoms with E-state index in [-0.39, 0.29) is 5.75 Å². The highest BCUT2D eigenvalue weighted by molar-refractivity contribution is 5.71. The molecule has 1 fully saturated rings. The molecule has 5 nitrogen and oxygen atoms in total. The molecule has 2 heterocycles. The van der Waals surface area contributed by atoms with E-state index in [1.54, 1.807) is 6.07 Å². The third-order valence-electron chi connectivity index (χ3n) is 4.00. The Morgan fingerprint density at radius 2 is 2.13 bits per heavy atom. The molecule has 0 amide bonds. The summed E-state index contributed by atoms with van der Waals surface area (Å²) in [5, 5.41) is 18.7. The van der Waals surface area contributed by atoms with Gasteiger partial charge in [-0.15, -0.1) is 10.2 Å². The van der Waals surface area contributed by atoms with Gasteiger partial charge in [-0.3, -0.25) is 0 Å². The van der Waals surface area contributed by atoms with Crippen LogP contribution in [0.2, 0.25) is 0 Å². The molecule has 0 unspecified atom stereocenters. The van der Waals surface area contributed by atoms with Crippen molar-refractivity contribution in [2.75, 3.05) is 31.3 Å². The van der Waals surface area contributed by atoms with Crippen molar-refractivity contribution in [3.8, 4) is 17.0 Å². The van der Waals surface area contributed by atoms with Crippen molar-refractivity contribution >= 4 is 5.82 Å². The summed E-state index contributed by atoms with van der Waals surface area (Å²) in [5.74, 6) is 0.896. The maximum atomic E-state index is 12.8. The number of benzene rings is 1. The van der Waals surface area contributed by atoms with Gasteiger partial charge >= 0.3 is 0 Å². The van der Waals surface area contributed by atoms with E-state index >= 15 is 0 Å². The van der Waals surface area contributed by atoms with Crippen LogP contribution in [0.5, 0.6) is 5.75 Å². The second kappa shape index (κ2) is 6.50. The predicted octanol–water partition coefficient (Wildman–Crippen LogP) is 2.64. The van der Waals surface area contributed by atoms with E-state index in [4.69, 9.17) is 4.74 Å². The Balaban J connectivity index is 1.85. The Morgan fingerprint density at radius 3 is 2.78 bits per heavy atom. The highest BCUT2D eigenvalue weighted by atomic mass is 19.1. The van der Waals surface area contributed by atoms with E-state index in [0.29, 0.717) is 36.8 Å². The lowest BCUT2D eigenvalue weighted by atomic mass is 10.0. The quantitative estimate of drug-likeness (QED) is 0.943. The first-order chi connectivity index (χ1) is 11.1. The van der Waals surface area contributed by atoms with E-state index in [9.17, 15) is 9.50 Å². The van der Waals surface area contributed by atoms with Gasteiger partial charge < -0.3 is 14.7 Å². The summed E-state index contributed by atoms with van der Waals surface area (Å²) in [5.41, 5.74) is 3.27. The highest BCUT2D eigenvalue weighted by Gasteiger charge is 2.22. The summed E-state index contributed by atoms with van der Waals surface area (Å²) < 4.78 is 18.1. The van der Waals surface area contributed by atoms with Crippen LogP contribution in [-0.2, 0) is 4.74 Å². The fourth-order valence-corrected chi connectivity index (χ4v) is 2.93. The number of halogens is 1. The third kappa shape index (κ3) is 3.27. The van der Waals surface area contributed by atoms with Crippen LogP contribution in [0.1, 0.15) is 11.1 Å². The van der Waals surface area contributed by atoms with Gasteiger partial charge in [0.2, 0.25) is 0 Å². The van der Waals surface area contributed by atoms with Gasteiger partial charge in [-0.05, 0) is 43.2 Å². The number of aromatic nitrogens is 2. The van der Waals surface area contributed by atoms with Crippen molar-refractivity contribution in [2.45, 2.75) is 20.0 Å². The number of phenolic OH excluding ortho intramolecular Hbond substituents is 1. The van der Waals surface area contributed by atoms with Gasteiger partial charge in [-0.1, -0.05) is 6.07 Å². The molecule has 3 rings (SSSR count). The molecule has 23 heavy (non-hydrogen) atoms. The SMILES string of the molecule is Cc1cc(C)c(-c2ccc(N3CCO[C@H](CF)C3)nn2)c(O)c1. The van der Waals surface area contributed by atoms with Crippen LogP contribution in [0.3, 0.4) is 0 Å². The summed E-state index contributed by atoms with van der Waals surface area (Å²) >= 11 is 0. The van der Waals surface area contributed by atoms with E-state index in [1.165, 1.54) is 0 Å². The maximum absolute atomic E-state index is 12.8. The van der Waals surface area contributed by atoms with E-state index in [2.05, 4.69) is 10.2 Å². The molecule has 1 atom stereocenters. The minimum Gasteiger partial charge on any atom is -0.507 e. The largest absolute Gasteiger partial charge is 0.507 e. The number of anilines is 1. The topological polar surface area (TPSA) is 58.5 Å². The average molecular weight is 317 g/mol. The smallest absolute Gasteiger partial charge is 0.151 e. The molecule has 1 saturated heterocycles. The minimum absolute atomic E-state index is 0.202. The fraction of sp³-hybridized carbons (Fsp3) is 0.412. The average Bonchev–Trinajstić information content (AvgIpc) is 2.54. The Labute approximate surface area is 134 Å². The second-order valence-corrected chi connectivity index (χ2v) is 5.85. The summed E-state index contributed by atoms with van der Waals surface area (Å²) in [6.45, 7) is 4.99. The lowest BCUT2D eigenvalue weighted by molar-refractivity contribution is 0.0244. The standard InChI is InChI=1S/C17H20FN3O2/c1-11-7-12(2)17(15(22)8-11)14-3-4-16(20-19-14)21-5-6-23-13(9-18)10-21/h3-4,7-8,13,22H,5-6,9-10H2,1-2H3/t13-/m1/s1. The van der Waals surface area contributed by atoms with Crippen LogP contribution in [-0.4, -0.2) is 47.8 Å². The normalized spacial score (nSPS) is 18.2. The molecule has 0 bridgehead atoms. The van der Waals surface area contributed by atoms with Crippen molar-refractivity contribution in [2.24, 2.45) is 0 Å². The molecule has 0 aliphatic carbocycles. The summed E-state index contributed by atoms with van der Waals surface area (Å²) in [7, 11) is 0. The highest BCUT2D eigenvalue weighted by Crippen LogP contribution is 2.32. The molecular formula is C17H20FN3O2. The van der Waals surface area contributed by atoms with Gasteiger partial charge in [-0.2, -0.15) is 0 Å². The van der Waals surface area contributed by atoms with E-state index in [1.807, 2.05) is 36.9 Å². The van der Waals surface area contributed by atoms with Crippen LogP contribution < -0.4 is 4.90 Å². The number of ether oxygens (including phenoxy) is 1. The number of aryl methyl sites for hydroxylation is 2. The zero-order valence-corrected chi connectivity index (χ0v) is 13.3. The number of hydrogen-bond donors (Lipinski definition) is 1. The first-order valence-electron chi connectivity index (χ1n) is 7.65. The molecule has 1 aliphatic rings. The number of aromatic hydroxyl groups is 1. The molecule has 2 aromatic rings. The molecule has 1 aliphatic heterocycles. The summed E-state index contributed by atoms with van der Waals surface area (Å²) in [4.78, 5) is 1.96. The Kier molecular flexibility index (Phi) is 4.43. The molecular weight excluding hydrogens is 297 g/mol. The van der Waals surface area contributed by atoms with Crippen LogP contribution in [0.25, 0.3) is 11.3 Å². The monoisotopic (exact) mass is 317 g/mol. The number of morpholine rings is 1. The van der Waals surface area contributed by atoms with E-state index in [0.717, 1.165) is 11.1 Å². The van der Waals surface area contributed by atoms with Gasteiger partial charge in [-0.25, -0.2) is 4.39 Å². The van der Waals surface area contributed by atoms with Crippen molar-refractivity contribution in [1.29, 1.82) is 0 Å². The summed E-state index contributed by atoms with van der Waals surface area (Å²) in [6.07, 6.45) is -0.409. The van der Waals surface area contributed by atoms with Crippen molar-refractivity contribution in [1.82, 2.24) is 10.2 Å². The van der Waals surface area contributed by atoms with Crippen molar-refractivity contribution in [3.05, 3.63) is 35.4 Å². The van der Waals surface area contributed by atoms with Gasteiger partial charge in [0.15, 0.2) is 5.82 Å².